The molecule has 0 aromatic heterocycles. The third-order valence-corrected chi connectivity index (χ3v) is 10.5. The highest BCUT2D eigenvalue weighted by molar-refractivity contribution is 5.76. The third kappa shape index (κ3) is 3.73. The smallest absolute Gasteiger partial charge is 0.310 e. The van der Waals surface area contributed by atoms with Gasteiger partial charge in [-0.05, 0) is 80.5 Å². The van der Waals surface area contributed by atoms with E-state index in [0.717, 1.165) is 37.7 Å². The Bertz CT molecular complexity index is 817. The highest BCUT2D eigenvalue weighted by Gasteiger charge is 2.67. The zero-order valence-electron chi connectivity index (χ0n) is 20.8. The lowest BCUT2D eigenvalue weighted by Crippen LogP contribution is -2.62. The lowest BCUT2D eigenvalue weighted by atomic mass is 9.45. The maximum absolute atomic E-state index is 13.0. The SMILES string of the molecule is C=C(CC[C@@H](C)[C@H]1CCC2C3CC=C4C[C@@H](O)C[C@H](O)[C@]4(C)C3[C@H](O)C[C@@]21C(=O)O)C(C)C. The molecule has 0 saturated heterocycles. The maximum atomic E-state index is 13.0. The van der Waals surface area contributed by atoms with Crippen LogP contribution >= 0.6 is 0 Å². The molecule has 0 aromatic rings. The normalized spacial score (nSPS) is 45.6. The summed E-state index contributed by atoms with van der Waals surface area (Å²) < 4.78 is 0. The van der Waals surface area contributed by atoms with Crippen LogP contribution in [0.15, 0.2) is 23.8 Å². The number of hydrogen-bond donors (Lipinski definition) is 4. The molecule has 0 heterocycles. The van der Waals surface area contributed by atoms with Gasteiger partial charge in [0.15, 0.2) is 0 Å². The van der Waals surface area contributed by atoms with Crippen LogP contribution < -0.4 is 0 Å². The fourth-order valence-corrected chi connectivity index (χ4v) is 8.60. The van der Waals surface area contributed by atoms with Crippen LogP contribution in [0.5, 0.6) is 0 Å². The summed E-state index contributed by atoms with van der Waals surface area (Å²) >= 11 is 0. The van der Waals surface area contributed by atoms with Gasteiger partial charge in [-0.1, -0.05) is 51.5 Å². The van der Waals surface area contributed by atoms with Crippen molar-refractivity contribution in [2.75, 3.05) is 0 Å². The van der Waals surface area contributed by atoms with Gasteiger partial charge in [-0.25, -0.2) is 0 Å². The summed E-state index contributed by atoms with van der Waals surface area (Å²) in [5, 5.41) is 43.5. The fraction of sp³-hybridized carbons (Fsp3) is 0.821. The monoisotopic (exact) mass is 460 g/mol. The molecule has 3 unspecified atom stereocenters. The van der Waals surface area contributed by atoms with Gasteiger partial charge in [0.25, 0.3) is 0 Å². The number of allylic oxidation sites excluding steroid dienone is 2. The minimum Gasteiger partial charge on any atom is -0.481 e. The number of aliphatic hydroxyl groups excluding tert-OH is 3. The predicted octanol–water partition coefficient (Wildman–Crippen LogP) is 4.56. The van der Waals surface area contributed by atoms with Crippen molar-refractivity contribution in [3.63, 3.8) is 0 Å². The Morgan fingerprint density at radius 2 is 1.91 bits per heavy atom. The average Bonchev–Trinajstić information content (AvgIpc) is 3.13. The van der Waals surface area contributed by atoms with Gasteiger partial charge in [0, 0.05) is 11.8 Å². The Morgan fingerprint density at radius 3 is 2.55 bits per heavy atom. The molecule has 10 atom stereocenters. The number of fused-ring (bicyclic) bond motifs is 5. The summed E-state index contributed by atoms with van der Waals surface area (Å²) in [6.45, 7) is 12.7. The first-order chi connectivity index (χ1) is 15.4. The molecule has 0 radical (unpaired) electrons. The topological polar surface area (TPSA) is 98.0 Å². The first-order valence-corrected chi connectivity index (χ1v) is 13.1. The standard InChI is InChI=1S/C28H44O5/c1-15(2)16(3)6-7-17(4)21-10-11-22-20-9-8-18-12-19(29)13-24(31)27(18,5)25(20)23(30)14-28(21,22)26(32)33/h8,15,17,19-25,29-31H,3,6-7,9-14H2,1-2,4-5H3,(H,32,33)/t17-,19-,20?,21-,22?,23-,24+,25?,27-,28+/m1/s1. The van der Waals surface area contributed by atoms with Crippen molar-refractivity contribution in [3.05, 3.63) is 23.8 Å². The molecule has 4 aliphatic rings. The predicted molar refractivity (Wildman–Crippen MR) is 128 cm³/mol. The van der Waals surface area contributed by atoms with Gasteiger partial charge in [-0.2, -0.15) is 0 Å². The van der Waals surface area contributed by atoms with Crippen LogP contribution in [-0.2, 0) is 4.79 Å². The number of carboxylic acid groups (broad SMARTS) is 1. The van der Waals surface area contributed by atoms with E-state index in [1.807, 2.05) is 6.92 Å². The molecule has 0 aliphatic heterocycles. The molecule has 0 bridgehead atoms. The quantitative estimate of drug-likeness (QED) is 0.436. The van der Waals surface area contributed by atoms with E-state index >= 15 is 0 Å². The van der Waals surface area contributed by atoms with Crippen molar-refractivity contribution >= 4 is 5.97 Å². The molecule has 4 N–H and O–H groups in total. The Labute approximate surface area is 199 Å². The minimum absolute atomic E-state index is 0.0119. The first kappa shape index (κ1) is 24.9. The first-order valence-electron chi connectivity index (χ1n) is 13.1. The molecule has 3 saturated carbocycles. The van der Waals surface area contributed by atoms with Crippen molar-refractivity contribution in [1.82, 2.24) is 0 Å². The van der Waals surface area contributed by atoms with Gasteiger partial charge in [0.1, 0.15) is 0 Å². The van der Waals surface area contributed by atoms with Crippen molar-refractivity contribution in [2.45, 2.75) is 97.4 Å². The zero-order valence-corrected chi connectivity index (χ0v) is 20.8. The van der Waals surface area contributed by atoms with E-state index in [2.05, 4.69) is 33.4 Å². The molecule has 4 aliphatic carbocycles. The average molecular weight is 461 g/mol. The van der Waals surface area contributed by atoms with E-state index in [1.54, 1.807) is 0 Å². The summed E-state index contributed by atoms with van der Waals surface area (Å²) in [4.78, 5) is 13.0. The van der Waals surface area contributed by atoms with E-state index in [4.69, 9.17) is 0 Å². The molecule has 0 amide bonds. The molecule has 0 aromatic carbocycles. The number of aliphatic hydroxyl groups is 3. The number of rotatable bonds is 6. The van der Waals surface area contributed by atoms with Crippen molar-refractivity contribution < 1.29 is 25.2 Å². The molecule has 33 heavy (non-hydrogen) atoms. The Morgan fingerprint density at radius 1 is 1.21 bits per heavy atom. The van der Waals surface area contributed by atoms with Gasteiger partial charge in [-0.15, -0.1) is 0 Å². The van der Waals surface area contributed by atoms with Gasteiger partial charge in [-0.3, -0.25) is 4.79 Å². The van der Waals surface area contributed by atoms with Gasteiger partial charge >= 0.3 is 5.97 Å². The molecule has 5 heteroatoms. The maximum Gasteiger partial charge on any atom is 0.310 e. The largest absolute Gasteiger partial charge is 0.481 e. The van der Waals surface area contributed by atoms with Crippen molar-refractivity contribution in [2.24, 2.45) is 46.3 Å². The van der Waals surface area contributed by atoms with E-state index in [9.17, 15) is 25.2 Å². The molecule has 4 rings (SSSR count). The molecular weight excluding hydrogens is 416 g/mol. The fourth-order valence-electron chi connectivity index (χ4n) is 8.60. The lowest BCUT2D eigenvalue weighted by Gasteiger charge is -2.60. The van der Waals surface area contributed by atoms with E-state index in [1.165, 1.54) is 5.57 Å². The zero-order chi connectivity index (χ0) is 24.3. The van der Waals surface area contributed by atoms with Crippen LogP contribution in [0.1, 0.15) is 79.1 Å². The molecule has 5 nitrogen and oxygen atoms in total. The van der Waals surface area contributed by atoms with E-state index in [-0.39, 0.29) is 36.0 Å². The van der Waals surface area contributed by atoms with Crippen LogP contribution in [0.3, 0.4) is 0 Å². The molecule has 0 spiro atoms. The highest BCUT2D eigenvalue weighted by Crippen LogP contribution is 2.67. The van der Waals surface area contributed by atoms with Gasteiger partial charge in [0.05, 0.1) is 23.7 Å². The van der Waals surface area contributed by atoms with Crippen LogP contribution in [-0.4, -0.2) is 44.7 Å². The number of hydrogen-bond acceptors (Lipinski definition) is 4. The second-order valence-electron chi connectivity index (χ2n) is 12.3. The summed E-state index contributed by atoms with van der Waals surface area (Å²) in [7, 11) is 0. The second kappa shape index (κ2) is 8.80. The third-order valence-electron chi connectivity index (χ3n) is 10.5. The summed E-state index contributed by atoms with van der Waals surface area (Å²) in [6.07, 6.45) is 5.60. The van der Waals surface area contributed by atoms with Crippen LogP contribution in [0, 0.1) is 46.3 Å². The molecule has 186 valence electrons. The highest BCUT2D eigenvalue weighted by atomic mass is 16.4. The van der Waals surface area contributed by atoms with Crippen LogP contribution in [0.25, 0.3) is 0 Å². The summed E-state index contributed by atoms with van der Waals surface area (Å²) in [5.41, 5.74) is 0.771. The lowest BCUT2D eigenvalue weighted by molar-refractivity contribution is -0.188. The van der Waals surface area contributed by atoms with Crippen LogP contribution in [0.2, 0.25) is 0 Å². The Kier molecular flexibility index (Phi) is 6.65. The van der Waals surface area contributed by atoms with E-state index in [0.29, 0.717) is 18.8 Å². The molecule has 3 fully saturated rings. The minimum atomic E-state index is -0.903. The Hall–Kier alpha value is -1.17. The van der Waals surface area contributed by atoms with Gasteiger partial charge < -0.3 is 20.4 Å². The van der Waals surface area contributed by atoms with E-state index < -0.39 is 35.1 Å². The number of aliphatic carboxylic acids is 1. The molecular formula is C28H44O5. The Balaban J connectivity index is 1.65. The summed E-state index contributed by atoms with van der Waals surface area (Å²) in [6, 6.07) is 0. The number of carbonyl (C=O) groups is 1. The number of carboxylic acids is 1. The second-order valence-corrected chi connectivity index (χ2v) is 12.3. The summed E-state index contributed by atoms with van der Waals surface area (Å²) in [5.74, 6) is -0.112. The van der Waals surface area contributed by atoms with Crippen molar-refractivity contribution in [1.29, 1.82) is 0 Å². The van der Waals surface area contributed by atoms with Crippen molar-refractivity contribution in [3.8, 4) is 0 Å². The van der Waals surface area contributed by atoms with Gasteiger partial charge in [0.2, 0.25) is 0 Å². The van der Waals surface area contributed by atoms with Crippen LogP contribution in [0.4, 0.5) is 0 Å².